The largest absolute Gasteiger partial charge is 0.467 e. The number of amides is 2. The van der Waals surface area contributed by atoms with Gasteiger partial charge in [0.05, 0.1) is 24.5 Å². The zero-order valence-corrected chi connectivity index (χ0v) is 19.3. The number of thioether (sulfide) groups is 1. The Hall–Kier alpha value is -2.94. The van der Waals surface area contributed by atoms with E-state index in [0.717, 1.165) is 43.0 Å². The van der Waals surface area contributed by atoms with Crippen LogP contribution < -0.4 is 10.7 Å². The Morgan fingerprint density at radius 2 is 2.03 bits per heavy atom. The first-order valence-corrected chi connectivity index (χ1v) is 12.6. The third-order valence-corrected chi connectivity index (χ3v) is 7.57. The minimum absolute atomic E-state index is 0.00995. The van der Waals surface area contributed by atoms with Crippen molar-refractivity contribution in [3.05, 3.63) is 60.1 Å². The summed E-state index contributed by atoms with van der Waals surface area (Å²) in [6, 6.07) is 14.0. The van der Waals surface area contributed by atoms with Crippen LogP contribution in [0.25, 0.3) is 0 Å². The summed E-state index contributed by atoms with van der Waals surface area (Å²) in [5.41, 5.74) is 4.40. The molecule has 3 heterocycles. The molecule has 9 heteroatoms. The van der Waals surface area contributed by atoms with Crippen molar-refractivity contribution < 1.29 is 14.0 Å². The molecule has 3 atom stereocenters. The molecule has 0 radical (unpaired) electrons. The van der Waals surface area contributed by atoms with Gasteiger partial charge in [-0.1, -0.05) is 54.9 Å². The van der Waals surface area contributed by atoms with Crippen LogP contribution in [0.3, 0.4) is 0 Å². The number of amidine groups is 1. The Bertz CT molecular complexity index is 997. The molecule has 5 rings (SSSR count). The summed E-state index contributed by atoms with van der Waals surface area (Å²) in [5.74, 6) is 1.13. The van der Waals surface area contributed by atoms with Gasteiger partial charge in [0.2, 0.25) is 11.8 Å². The number of furan rings is 1. The first-order valence-electron chi connectivity index (χ1n) is 11.6. The number of nitrogens with one attached hydrogen (secondary N) is 2. The molecule has 0 spiro atoms. The van der Waals surface area contributed by atoms with Crippen LogP contribution in [0.1, 0.15) is 37.0 Å². The minimum atomic E-state index is -0.283. The van der Waals surface area contributed by atoms with Crippen molar-refractivity contribution in [3.63, 3.8) is 0 Å². The summed E-state index contributed by atoms with van der Waals surface area (Å²) in [6.07, 6.45) is 6.20. The van der Waals surface area contributed by atoms with Crippen molar-refractivity contribution in [2.24, 2.45) is 11.0 Å². The highest BCUT2D eigenvalue weighted by atomic mass is 32.2. The van der Waals surface area contributed by atoms with Gasteiger partial charge in [0.25, 0.3) is 0 Å². The number of hydrogen-bond donors (Lipinski definition) is 2. The van der Waals surface area contributed by atoms with Crippen molar-refractivity contribution in [3.8, 4) is 0 Å². The molecular formula is C24H29N5O3S. The summed E-state index contributed by atoms with van der Waals surface area (Å²) in [5, 5.41) is 8.23. The number of carbonyl (C=O) groups excluding carboxylic acids is 2. The molecule has 1 aliphatic carbocycles. The summed E-state index contributed by atoms with van der Waals surface area (Å²) >= 11 is 1.42. The van der Waals surface area contributed by atoms with Crippen LogP contribution in [0.4, 0.5) is 0 Å². The standard InChI is InChI=1S/C24H29N5O3S/c30-21(25-15-18-9-6-14-32-18)16-33-24-27-26-23-28(13-12-17-7-2-1-3-8-17)22(31)19-10-4-5-11-20(19)29(23)24/h1-3,6-9,14,19-20,23,26H,4-5,10-13,15-16H2,(H,25,30). The average Bonchev–Trinajstić information content (AvgIpc) is 3.52. The molecule has 3 aliphatic rings. The molecule has 2 fully saturated rings. The number of hydrogen-bond acceptors (Lipinski definition) is 7. The molecule has 1 saturated heterocycles. The third kappa shape index (κ3) is 4.73. The lowest BCUT2D eigenvalue weighted by Crippen LogP contribution is -2.67. The smallest absolute Gasteiger partial charge is 0.230 e. The van der Waals surface area contributed by atoms with E-state index < -0.39 is 0 Å². The Labute approximate surface area is 197 Å². The van der Waals surface area contributed by atoms with E-state index in [0.29, 0.717) is 13.1 Å². The van der Waals surface area contributed by atoms with E-state index >= 15 is 0 Å². The van der Waals surface area contributed by atoms with Crippen molar-refractivity contribution in [2.75, 3.05) is 12.3 Å². The van der Waals surface area contributed by atoms with Gasteiger partial charge in [-0.2, -0.15) is 5.10 Å². The van der Waals surface area contributed by atoms with Gasteiger partial charge in [-0.25, -0.2) is 0 Å². The van der Waals surface area contributed by atoms with Crippen molar-refractivity contribution in [1.82, 2.24) is 20.5 Å². The predicted molar refractivity (Wildman–Crippen MR) is 127 cm³/mol. The van der Waals surface area contributed by atoms with Gasteiger partial charge in [0, 0.05) is 12.6 Å². The maximum atomic E-state index is 13.4. The van der Waals surface area contributed by atoms with Crippen LogP contribution >= 0.6 is 11.8 Å². The summed E-state index contributed by atoms with van der Waals surface area (Å²) in [7, 11) is 0. The molecule has 8 nitrogen and oxygen atoms in total. The molecule has 33 heavy (non-hydrogen) atoms. The van der Waals surface area contributed by atoms with E-state index in [4.69, 9.17) is 4.42 Å². The first-order chi connectivity index (χ1) is 16.2. The maximum Gasteiger partial charge on any atom is 0.230 e. The second kappa shape index (κ2) is 9.91. The second-order valence-electron chi connectivity index (χ2n) is 8.67. The SMILES string of the molecule is O=C(CSC1=NNC2N(CCc3ccccc3)C(=O)C3CCCCC3N12)NCc1ccco1. The van der Waals surface area contributed by atoms with Crippen LogP contribution in [0.15, 0.2) is 58.2 Å². The summed E-state index contributed by atoms with van der Waals surface area (Å²) in [6.45, 7) is 1.01. The normalized spacial score (nSPS) is 24.1. The number of hydrazone groups is 1. The number of nitrogens with zero attached hydrogens (tertiary/aromatic N) is 3. The van der Waals surface area contributed by atoms with E-state index in [-0.39, 0.29) is 35.8 Å². The van der Waals surface area contributed by atoms with E-state index in [1.807, 2.05) is 29.2 Å². The van der Waals surface area contributed by atoms with E-state index in [1.165, 1.54) is 17.3 Å². The van der Waals surface area contributed by atoms with Crippen molar-refractivity contribution in [2.45, 2.75) is 51.0 Å². The maximum absolute atomic E-state index is 13.4. The van der Waals surface area contributed by atoms with Crippen molar-refractivity contribution >= 4 is 28.7 Å². The van der Waals surface area contributed by atoms with Crippen LogP contribution in [-0.4, -0.2) is 51.4 Å². The average molecular weight is 468 g/mol. The Morgan fingerprint density at radius 3 is 2.85 bits per heavy atom. The molecule has 1 saturated carbocycles. The number of carbonyl (C=O) groups is 2. The fraction of sp³-hybridized carbons (Fsp3) is 0.458. The number of benzene rings is 1. The Kier molecular flexibility index (Phi) is 6.57. The number of fused-ring (bicyclic) bond motifs is 3. The third-order valence-electron chi connectivity index (χ3n) is 6.60. The van der Waals surface area contributed by atoms with Gasteiger partial charge >= 0.3 is 0 Å². The molecule has 1 aromatic heterocycles. The van der Waals surface area contributed by atoms with Gasteiger partial charge in [0.1, 0.15) is 5.76 Å². The fourth-order valence-electron chi connectivity index (χ4n) is 4.96. The van der Waals surface area contributed by atoms with Gasteiger partial charge in [-0.3, -0.25) is 15.0 Å². The highest BCUT2D eigenvalue weighted by Gasteiger charge is 2.50. The first kappa shape index (κ1) is 21.9. The minimum Gasteiger partial charge on any atom is -0.467 e. The molecule has 3 unspecified atom stereocenters. The number of rotatable bonds is 7. The molecular weight excluding hydrogens is 438 g/mol. The summed E-state index contributed by atoms with van der Waals surface area (Å²) in [4.78, 5) is 30.0. The molecule has 2 aliphatic heterocycles. The van der Waals surface area contributed by atoms with Gasteiger partial charge in [-0.05, 0) is 37.0 Å². The van der Waals surface area contributed by atoms with E-state index in [2.05, 4.69) is 32.9 Å². The van der Waals surface area contributed by atoms with Crippen molar-refractivity contribution in [1.29, 1.82) is 0 Å². The zero-order chi connectivity index (χ0) is 22.6. The molecule has 2 aromatic rings. The fourth-order valence-corrected chi connectivity index (χ4v) is 5.82. The van der Waals surface area contributed by atoms with Crippen LogP contribution in [-0.2, 0) is 22.6 Å². The topological polar surface area (TPSA) is 90.2 Å². The van der Waals surface area contributed by atoms with Crippen LogP contribution in [0, 0.1) is 5.92 Å². The van der Waals surface area contributed by atoms with E-state index in [1.54, 1.807) is 12.3 Å². The quantitative estimate of drug-likeness (QED) is 0.651. The lowest BCUT2D eigenvalue weighted by molar-refractivity contribution is -0.155. The lowest BCUT2D eigenvalue weighted by atomic mass is 9.81. The van der Waals surface area contributed by atoms with Gasteiger partial charge in [-0.15, -0.1) is 0 Å². The Balaban J connectivity index is 1.24. The van der Waals surface area contributed by atoms with Crippen LogP contribution in [0.5, 0.6) is 0 Å². The predicted octanol–water partition coefficient (Wildman–Crippen LogP) is 2.73. The summed E-state index contributed by atoms with van der Waals surface area (Å²) < 4.78 is 5.27. The second-order valence-corrected chi connectivity index (χ2v) is 9.62. The zero-order valence-electron chi connectivity index (χ0n) is 18.5. The van der Waals surface area contributed by atoms with E-state index in [9.17, 15) is 9.59 Å². The highest BCUT2D eigenvalue weighted by molar-refractivity contribution is 8.14. The molecule has 1 aromatic carbocycles. The molecule has 2 N–H and O–H groups in total. The van der Waals surface area contributed by atoms with Gasteiger partial charge < -0.3 is 19.5 Å². The Morgan fingerprint density at radius 1 is 1.18 bits per heavy atom. The molecule has 2 amide bonds. The lowest BCUT2D eigenvalue weighted by Gasteiger charge is -2.50. The molecule has 0 bridgehead atoms. The highest BCUT2D eigenvalue weighted by Crippen LogP contribution is 2.38. The monoisotopic (exact) mass is 467 g/mol. The van der Waals surface area contributed by atoms with Gasteiger partial charge in [0.15, 0.2) is 11.5 Å². The van der Waals surface area contributed by atoms with Crippen LogP contribution in [0.2, 0.25) is 0 Å². The molecule has 174 valence electrons.